The number of hydrogen-bond donors (Lipinski definition) is 4. The van der Waals surface area contributed by atoms with E-state index in [4.69, 9.17) is 5.11 Å². The molecule has 0 atom stereocenters. The van der Waals surface area contributed by atoms with E-state index < -0.39 is 0 Å². The summed E-state index contributed by atoms with van der Waals surface area (Å²) in [5, 5.41) is 13.9. The molecule has 1 aromatic carbocycles. The van der Waals surface area contributed by atoms with Gasteiger partial charge in [-0.25, -0.2) is 0 Å². The van der Waals surface area contributed by atoms with Crippen molar-refractivity contribution >= 4 is 40.5 Å². The highest BCUT2D eigenvalue weighted by Gasteiger charge is 2.14. The number of hydrogen-bond acceptors (Lipinski definition) is 6. The molecular weight excluding hydrogens is 360 g/mol. The molecule has 0 aliphatic heterocycles. The summed E-state index contributed by atoms with van der Waals surface area (Å²) in [4.78, 5) is 15.9. The first kappa shape index (κ1) is 20.8. The Morgan fingerprint density at radius 3 is 2.93 bits per heavy atom. The highest BCUT2D eigenvalue weighted by Crippen LogP contribution is 2.26. The molecule has 1 aromatic heterocycles. The van der Waals surface area contributed by atoms with E-state index in [2.05, 4.69) is 26.8 Å². The van der Waals surface area contributed by atoms with E-state index in [1.165, 1.54) is 6.21 Å². The summed E-state index contributed by atoms with van der Waals surface area (Å²) in [6.07, 6.45) is 5.70. The number of nitrogens with zero attached hydrogens (tertiary/aromatic N) is 1. The number of aliphatic hydroxyl groups is 1. The number of ketones is 1. The van der Waals surface area contributed by atoms with Gasteiger partial charge in [-0.1, -0.05) is 24.1 Å². The lowest BCUT2D eigenvalue weighted by Crippen LogP contribution is -2.09. The highest BCUT2D eigenvalue weighted by atomic mass is 32.2. The van der Waals surface area contributed by atoms with E-state index in [0.717, 1.165) is 34.3 Å². The molecular formula is C20H26N4O2S. The molecule has 7 heteroatoms. The number of carbonyl (C=O) groups excluding carboxylic acids is 1. The van der Waals surface area contributed by atoms with Crippen LogP contribution in [0.2, 0.25) is 0 Å². The molecule has 0 aliphatic carbocycles. The maximum Gasteiger partial charge on any atom is 0.210 e. The molecule has 144 valence electrons. The largest absolute Gasteiger partial charge is 0.396 e. The van der Waals surface area contributed by atoms with Gasteiger partial charge in [0.1, 0.15) is 0 Å². The zero-order valence-corrected chi connectivity index (χ0v) is 16.5. The molecule has 2 rings (SSSR count). The van der Waals surface area contributed by atoms with Gasteiger partial charge in [0.15, 0.2) is 0 Å². The molecule has 0 amide bonds. The number of allylic oxidation sites excluding steroid dienone is 2. The molecule has 0 radical (unpaired) electrons. The first-order valence-electron chi connectivity index (χ1n) is 8.80. The molecule has 27 heavy (non-hydrogen) atoms. The first-order valence-corrected chi connectivity index (χ1v) is 9.79. The van der Waals surface area contributed by atoms with Gasteiger partial charge in [0.2, 0.25) is 5.78 Å². The Labute approximate surface area is 164 Å². The van der Waals surface area contributed by atoms with Gasteiger partial charge in [0.05, 0.1) is 18.5 Å². The number of rotatable bonds is 11. The molecule has 0 saturated heterocycles. The Kier molecular flexibility index (Phi) is 8.16. The summed E-state index contributed by atoms with van der Waals surface area (Å²) >= 11 is 1.56. The summed E-state index contributed by atoms with van der Waals surface area (Å²) < 4.78 is 3.30. The molecule has 0 aliphatic rings. The van der Waals surface area contributed by atoms with Gasteiger partial charge in [0, 0.05) is 34.5 Å². The molecule has 0 spiro atoms. The molecule has 0 unspecified atom stereocenters. The van der Waals surface area contributed by atoms with E-state index in [1.807, 2.05) is 32.0 Å². The Bertz CT molecular complexity index is 855. The third-order valence-electron chi connectivity index (χ3n) is 3.90. The lowest BCUT2D eigenvalue weighted by Gasteiger charge is -2.08. The van der Waals surface area contributed by atoms with Gasteiger partial charge in [-0.15, -0.1) is 6.58 Å². The fourth-order valence-corrected chi connectivity index (χ4v) is 3.20. The van der Waals surface area contributed by atoms with Crippen molar-refractivity contribution in [2.45, 2.75) is 20.3 Å². The van der Waals surface area contributed by atoms with E-state index in [1.54, 1.807) is 24.1 Å². The van der Waals surface area contributed by atoms with Crippen LogP contribution in [0.4, 0.5) is 5.69 Å². The summed E-state index contributed by atoms with van der Waals surface area (Å²) in [5.74, 6) is 0.717. The Morgan fingerprint density at radius 2 is 2.22 bits per heavy atom. The van der Waals surface area contributed by atoms with Crippen molar-refractivity contribution in [1.29, 1.82) is 0 Å². The maximum atomic E-state index is 12.7. The normalized spacial score (nSPS) is 11.9. The summed E-state index contributed by atoms with van der Waals surface area (Å²) in [6.45, 7) is 8.17. The number of aromatic amines is 1. The quantitative estimate of drug-likeness (QED) is 0.0897. The van der Waals surface area contributed by atoms with Crippen molar-refractivity contribution < 1.29 is 9.90 Å². The number of H-pyrrole nitrogens is 1. The smallest absolute Gasteiger partial charge is 0.210 e. The van der Waals surface area contributed by atoms with Gasteiger partial charge < -0.3 is 20.2 Å². The second-order valence-electron chi connectivity index (χ2n) is 5.95. The summed E-state index contributed by atoms with van der Waals surface area (Å²) in [5.41, 5.74) is 6.81. The van der Waals surface area contributed by atoms with Crippen molar-refractivity contribution in [3.05, 3.63) is 53.8 Å². The Morgan fingerprint density at radius 1 is 1.41 bits per heavy atom. The number of aromatic nitrogens is 1. The van der Waals surface area contributed by atoms with E-state index in [9.17, 15) is 4.79 Å². The fraction of sp³-hybridized carbons (Fsp3) is 0.300. The van der Waals surface area contributed by atoms with Gasteiger partial charge in [0.25, 0.3) is 0 Å². The number of aryl methyl sites for hydroxylation is 1. The number of Topliss-reactive ketones (excluding diaryl/α,β-unsaturated/α-hetero) is 1. The van der Waals surface area contributed by atoms with Crippen LogP contribution in [0.3, 0.4) is 0 Å². The third-order valence-corrected chi connectivity index (χ3v) is 4.76. The van der Waals surface area contributed by atoms with Crippen LogP contribution in [0.25, 0.3) is 10.9 Å². The average molecular weight is 387 g/mol. The predicted molar refractivity (Wildman–Crippen MR) is 116 cm³/mol. The molecule has 2 aromatic rings. The van der Waals surface area contributed by atoms with Crippen molar-refractivity contribution in [2.75, 3.05) is 23.6 Å². The van der Waals surface area contributed by atoms with Crippen LogP contribution in [0.15, 0.2) is 47.6 Å². The highest BCUT2D eigenvalue weighted by molar-refractivity contribution is 8.00. The predicted octanol–water partition coefficient (Wildman–Crippen LogP) is 3.81. The number of fused-ring (bicyclic) bond motifs is 1. The summed E-state index contributed by atoms with van der Waals surface area (Å²) in [7, 11) is 0. The zero-order chi connectivity index (χ0) is 19.6. The third kappa shape index (κ3) is 5.74. The van der Waals surface area contributed by atoms with Crippen LogP contribution in [-0.4, -0.2) is 41.0 Å². The number of nitrogens with one attached hydrogen (secondary N) is 3. The van der Waals surface area contributed by atoms with Crippen LogP contribution in [0, 0.1) is 6.92 Å². The monoisotopic (exact) mass is 386 g/mol. The van der Waals surface area contributed by atoms with Crippen molar-refractivity contribution in [3.8, 4) is 0 Å². The Hall–Kier alpha value is -2.51. The summed E-state index contributed by atoms with van der Waals surface area (Å²) in [6, 6.07) is 5.91. The minimum atomic E-state index is -0.109. The minimum absolute atomic E-state index is 0.109. The van der Waals surface area contributed by atoms with Gasteiger partial charge in [-0.2, -0.15) is 5.10 Å². The van der Waals surface area contributed by atoms with E-state index in [0.29, 0.717) is 17.8 Å². The number of hydrazone groups is 1. The van der Waals surface area contributed by atoms with Gasteiger partial charge >= 0.3 is 0 Å². The van der Waals surface area contributed by atoms with Gasteiger partial charge in [-0.3, -0.25) is 4.79 Å². The van der Waals surface area contributed by atoms with Crippen molar-refractivity contribution in [3.63, 3.8) is 0 Å². The minimum Gasteiger partial charge on any atom is -0.396 e. The van der Waals surface area contributed by atoms with E-state index in [-0.39, 0.29) is 12.4 Å². The number of benzene rings is 1. The SMILES string of the molecule is C=CCN/N=C\C(=C/C)C(=O)c1cc2cc(C)c(NSCCCO)cc2[nH]1. The van der Waals surface area contributed by atoms with Crippen LogP contribution >= 0.6 is 11.9 Å². The van der Waals surface area contributed by atoms with Crippen LogP contribution < -0.4 is 10.1 Å². The van der Waals surface area contributed by atoms with Crippen LogP contribution in [0.5, 0.6) is 0 Å². The zero-order valence-electron chi connectivity index (χ0n) is 15.7. The van der Waals surface area contributed by atoms with Crippen LogP contribution in [-0.2, 0) is 0 Å². The molecule has 1 heterocycles. The lowest BCUT2D eigenvalue weighted by molar-refractivity contribution is 0.103. The standard InChI is InChI=1S/C20H26N4O2S/c1-4-7-21-22-13-15(5-2)20(26)19-11-16-10-14(3)17(12-18(16)23-19)24-27-9-6-8-25/h4-5,10-13,21,23-25H,1,6-9H2,2-3H3/b15-5+,22-13-. The molecule has 0 saturated carbocycles. The molecule has 4 N–H and O–H groups in total. The second-order valence-corrected chi connectivity index (χ2v) is 6.85. The van der Waals surface area contributed by atoms with Crippen molar-refractivity contribution in [1.82, 2.24) is 10.4 Å². The molecule has 6 nitrogen and oxygen atoms in total. The number of carbonyl (C=O) groups is 1. The van der Waals surface area contributed by atoms with E-state index >= 15 is 0 Å². The van der Waals surface area contributed by atoms with Gasteiger partial charge in [-0.05, 0) is 44.0 Å². The van der Waals surface area contributed by atoms with Crippen LogP contribution in [0.1, 0.15) is 29.4 Å². The lowest BCUT2D eigenvalue weighted by atomic mass is 10.1. The first-order chi connectivity index (χ1) is 13.1. The molecule has 0 fully saturated rings. The maximum absolute atomic E-state index is 12.7. The fourth-order valence-electron chi connectivity index (χ4n) is 2.44. The Balaban J connectivity index is 2.18. The second kappa shape index (κ2) is 10.6. The van der Waals surface area contributed by atoms with Crippen molar-refractivity contribution in [2.24, 2.45) is 5.10 Å². The number of anilines is 1. The number of aliphatic hydroxyl groups excluding tert-OH is 1. The topological polar surface area (TPSA) is 89.5 Å². The molecule has 0 bridgehead atoms. The average Bonchev–Trinajstić information content (AvgIpc) is 3.07.